The minimum atomic E-state index is -0.174. The molecular formula is C19H17ClN2. The van der Waals surface area contributed by atoms with Gasteiger partial charge in [0.15, 0.2) is 0 Å². The van der Waals surface area contributed by atoms with Gasteiger partial charge >= 0.3 is 0 Å². The molecule has 0 spiro atoms. The van der Waals surface area contributed by atoms with Crippen LogP contribution in [0, 0.1) is 13.8 Å². The highest BCUT2D eigenvalue weighted by Crippen LogP contribution is 2.40. The first-order valence-electron chi connectivity index (χ1n) is 7.45. The van der Waals surface area contributed by atoms with E-state index in [0.717, 1.165) is 22.4 Å². The highest BCUT2D eigenvalue weighted by atomic mass is 35.5. The van der Waals surface area contributed by atoms with Crippen molar-refractivity contribution < 1.29 is 0 Å². The lowest BCUT2D eigenvalue weighted by atomic mass is 9.99. The van der Waals surface area contributed by atoms with Crippen LogP contribution in [0.2, 0.25) is 0 Å². The van der Waals surface area contributed by atoms with Crippen LogP contribution in [0.5, 0.6) is 0 Å². The van der Waals surface area contributed by atoms with Gasteiger partial charge in [0.05, 0.1) is 5.38 Å². The fraction of sp³-hybridized carbons (Fsp3) is 0.158. The molecule has 22 heavy (non-hydrogen) atoms. The lowest BCUT2D eigenvalue weighted by Gasteiger charge is -2.11. The molecule has 2 N–H and O–H groups in total. The summed E-state index contributed by atoms with van der Waals surface area (Å²) in [5, 5.41) is 2.22. The molecule has 110 valence electrons. The molecule has 0 fully saturated rings. The summed E-state index contributed by atoms with van der Waals surface area (Å²) in [5.41, 5.74) is 6.88. The third-order valence-corrected chi connectivity index (χ3v) is 4.83. The van der Waals surface area contributed by atoms with Crippen LogP contribution < -0.4 is 0 Å². The summed E-state index contributed by atoms with van der Waals surface area (Å²) < 4.78 is 0. The molecular weight excluding hydrogens is 292 g/mol. The van der Waals surface area contributed by atoms with Crippen LogP contribution in [-0.4, -0.2) is 9.97 Å². The smallest absolute Gasteiger partial charge is 0.0881 e. The maximum atomic E-state index is 6.94. The van der Waals surface area contributed by atoms with Crippen molar-refractivity contribution >= 4 is 33.4 Å². The van der Waals surface area contributed by atoms with E-state index in [9.17, 15) is 0 Å². The van der Waals surface area contributed by atoms with Crippen molar-refractivity contribution in [3.8, 4) is 0 Å². The molecule has 2 nitrogen and oxygen atoms in total. The third kappa shape index (κ3) is 1.87. The average Bonchev–Trinajstić information content (AvgIpc) is 3.01. The number of nitrogens with one attached hydrogen (secondary N) is 2. The minimum Gasteiger partial charge on any atom is -0.358 e. The van der Waals surface area contributed by atoms with E-state index >= 15 is 0 Å². The zero-order chi connectivity index (χ0) is 15.3. The topological polar surface area (TPSA) is 31.6 Å². The van der Waals surface area contributed by atoms with Gasteiger partial charge in [-0.25, -0.2) is 0 Å². The second kappa shape index (κ2) is 4.92. The van der Waals surface area contributed by atoms with Crippen LogP contribution in [0.25, 0.3) is 21.8 Å². The minimum absolute atomic E-state index is 0.174. The molecule has 3 heteroatoms. The molecule has 2 aromatic heterocycles. The Bertz CT molecular complexity index is 898. The molecule has 0 aliphatic heterocycles. The molecule has 0 atom stereocenters. The molecule has 2 heterocycles. The van der Waals surface area contributed by atoms with Crippen molar-refractivity contribution in [3.05, 3.63) is 71.0 Å². The molecule has 4 aromatic rings. The van der Waals surface area contributed by atoms with Gasteiger partial charge in [-0.15, -0.1) is 11.6 Å². The molecule has 0 saturated heterocycles. The Morgan fingerprint density at radius 1 is 0.727 bits per heavy atom. The Kier molecular flexibility index (Phi) is 3.02. The number of alkyl halides is 1. The van der Waals surface area contributed by atoms with Gasteiger partial charge in [-0.3, -0.25) is 0 Å². The normalized spacial score (nSPS) is 11.8. The summed E-state index contributed by atoms with van der Waals surface area (Å²) in [6.45, 7) is 4.18. The predicted octanol–water partition coefficient (Wildman–Crippen LogP) is 5.59. The predicted molar refractivity (Wildman–Crippen MR) is 93.8 cm³/mol. The van der Waals surface area contributed by atoms with E-state index in [2.05, 4.69) is 60.2 Å². The molecule has 0 unspecified atom stereocenters. The number of rotatable bonds is 2. The number of H-pyrrole nitrogens is 2. The number of fused-ring (bicyclic) bond motifs is 2. The fourth-order valence-corrected chi connectivity index (χ4v) is 3.96. The van der Waals surface area contributed by atoms with E-state index < -0.39 is 0 Å². The SMILES string of the molecule is Cc1[nH]c2ccccc2c1C(Cl)c1c(C)[nH]c2ccccc12. The fourth-order valence-electron chi connectivity index (χ4n) is 3.39. The van der Waals surface area contributed by atoms with Crippen LogP contribution in [0.1, 0.15) is 27.9 Å². The van der Waals surface area contributed by atoms with Gasteiger partial charge in [0.1, 0.15) is 0 Å². The van der Waals surface area contributed by atoms with Gasteiger partial charge in [-0.05, 0) is 26.0 Å². The lowest BCUT2D eigenvalue weighted by Crippen LogP contribution is -1.96. The van der Waals surface area contributed by atoms with E-state index in [1.165, 1.54) is 21.9 Å². The Hall–Kier alpha value is -2.19. The van der Waals surface area contributed by atoms with Crippen molar-refractivity contribution in [1.29, 1.82) is 0 Å². The quantitative estimate of drug-likeness (QED) is 0.452. The van der Waals surface area contributed by atoms with E-state index in [1.807, 2.05) is 12.1 Å². The summed E-state index contributed by atoms with van der Waals surface area (Å²) in [7, 11) is 0. The largest absolute Gasteiger partial charge is 0.358 e. The number of aryl methyl sites for hydroxylation is 2. The Balaban J connectivity index is 1.98. The number of hydrogen-bond acceptors (Lipinski definition) is 0. The molecule has 0 aliphatic carbocycles. The Morgan fingerprint density at radius 3 is 1.59 bits per heavy atom. The van der Waals surface area contributed by atoms with E-state index in [4.69, 9.17) is 11.6 Å². The van der Waals surface area contributed by atoms with Gasteiger partial charge in [0.2, 0.25) is 0 Å². The molecule has 0 saturated carbocycles. The van der Waals surface area contributed by atoms with Crippen molar-refractivity contribution in [2.75, 3.05) is 0 Å². The van der Waals surface area contributed by atoms with Crippen molar-refractivity contribution in [3.63, 3.8) is 0 Å². The van der Waals surface area contributed by atoms with Crippen LogP contribution >= 0.6 is 11.6 Å². The van der Waals surface area contributed by atoms with E-state index in [1.54, 1.807) is 0 Å². The molecule has 0 amide bonds. The van der Waals surface area contributed by atoms with Crippen molar-refractivity contribution in [1.82, 2.24) is 9.97 Å². The van der Waals surface area contributed by atoms with Crippen LogP contribution in [-0.2, 0) is 0 Å². The molecule has 2 aromatic carbocycles. The second-order valence-corrected chi connectivity index (χ2v) is 6.22. The number of para-hydroxylation sites is 2. The number of halogens is 1. The summed E-state index contributed by atoms with van der Waals surface area (Å²) in [4.78, 5) is 6.89. The van der Waals surface area contributed by atoms with E-state index in [0.29, 0.717) is 0 Å². The van der Waals surface area contributed by atoms with Crippen LogP contribution in [0.4, 0.5) is 0 Å². The number of aromatic amines is 2. The van der Waals surface area contributed by atoms with E-state index in [-0.39, 0.29) is 5.38 Å². The van der Waals surface area contributed by atoms with Gasteiger partial charge < -0.3 is 9.97 Å². The Morgan fingerprint density at radius 2 is 1.14 bits per heavy atom. The lowest BCUT2D eigenvalue weighted by molar-refractivity contribution is 1.09. The Labute approximate surface area is 134 Å². The molecule has 0 aliphatic rings. The molecule has 0 bridgehead atoms. The van der Waals surface area contributed by atoms with Crippen molar-refractivity contribution in [2.24, 2.45) is 0 Å². The highest BCUT2D eigenvalue weighted by molar-refractivity contribution is 6.25. The van der Waals surface area contributed by atoms with Gasteiger partial charge in [-0.1, -0.05) is 36.4 Å². The van der Waals surface area contributed by atoms with Crippen molar-refractivity contribution in [2.45, 2.75) is 19.2 Å². The summed E-state index contributed by atoms with van der Waals surface area (Å²) in [6, 6.07) is 16.7. The number of benzene rings is 2. The number of hydrogen-bond donors (Lipinski definition) is 2. The zero-order valence-electron chi connectivity index (χ0n) is 12.6. The first kappa shape index (κ1) is 13.5. The first-order valence-corrected chi connectivity index (χ1v) is 7.89. The summed E-state index contributed by atoms with van der Waals surface area (Å²) in [5.74, 6) is 0. The van der Waals surface area contributed by atoms with Gasteiger partial charge in [0, 0.05) is 44.3 Å². The highest BCUT2D eigenvalue weighted by Gasteiger charge is 2.23. The monoisotopic (exact) mass is 308 g/mol. The van der Waals surface area contributed by atoms with Crippen LogP contribution in [0.15, 0.2) is 48.5 Å². The summed E-state index contributed by atoms with van der Waals surface area (Å²) >= 11 is 6.94. The zero-order valence-corrected chi connectivity index (χ0v) is 13.3. The number of aromatic nitrogens is 2. The molecule has 4 rings (SSSR count). The first-order chi connectivity index (χ1) is 10.7. The summed E-state index contributed by atoms with van der Waals surface area (Å²) in [6.07, 6.45) is 0. The molecule has 0 radical (unpaired) electrons. The average molecular weight is 309 g/mol. The maximum absolute atomic E-state index is 6.94. The standard InChI is InChI=1S/C19H17ClN2/c1-11-17(13-7-3-5-9-15(13)21-11)19(20)18-12(2)22-16-10-6-4-8-14(16)18/h3-10,19,21-22H,1-2H3. The maximum Gasteiger partial charge on any atom is 0.0881 e. The second-order valence-electron chi connectivity index (χ2n) is 5.78. The van der Waals surface area contributed by atoms with Gasteiger partial charge in [-0.2, -0.15) is 0 Å². The van der Waals surface area contributed by atoms with Crippen LogP contribution in [0.3, 0.4) is 0 Å². The van der Waals surface area contributed by atoms with Gasteiger partial charge in [0.25, 0.3) is 0 Å². The third-order valence-electron chi connectivity index (χ3n) is 4.39.